The number of hydrogen-bond donors (Lipinski definition) is 0. The van der Waals surface area contributed by atoms with Crippen molar-refractivity contribution in [2.75, 3.05) is 18.5 Å². The highest BCUT2D eigenvalue weighted by molar-refractivity contribution is 5.73. The summed E-state index contributed by atoms with van der Waals surface area (Å²) in [6.07, 6.45) is 2.09. The summed E-state index contributed by atoms with van der Waals surface area (Å²) in [6, 6.07) is 28.5. The van der Waals surface area contributed by atoms with E-state index in [1.54, 1.807) is 0 Å². The molecule has 1 aliphatic rings. The van der Waals surface area contributed by atoms with Crippen LogP contribution >= 0.6 is 0 Å². The van der Waals surface area contributed by atoms with E-state index in [4.69, 9.17) is 0 Å². The molecule has 4 rings (SSSR count). The van der Waals surface area contributed by atoms with E-state index in [2.05, 4.69) is 48.2 Å². The highest BCUT2D eigenvalue weighted by Crippen LogP contribution is 2.51. The Bertz CT molecular complexity index is 1050. The molecule has 2 atom stereocenters. The summed E-state index contributed by atoms with van der Waals surface area (Å²) in [5, 5.41) is 11.5. The van der Waals surface area contributed by atoms with Crippen molar-refractivity contribution >= 4 is 5.69 Å². The molecule has 4 nitrogen and oxygen atoms in total. The van der Waals surface area contributed by atoms with Gasteiger partial charge in [0, 0.05) is 23.4 Å². The molecule has 3 aromatic rings. The van der Waals surface area contributed by atoms with Gasteiger partial charge in [-0.3, -0.25) is 10.1 Å². The van der Waals surface area contributed by atoms with Crippen LogP contribution in [-0.2, 0) is 5.41 Å². The third-order valence-electron chi connectivity index (χ3n) is 5.96. The summed E-state index contributed by atoms with van der Waals surface area (Å²) < 4.78 is 0. The number of nitrogens with zero attached hydrogens (tertiary/aromatic N) is 2. The lowest BCUT2D eigenvalue weighted by atomic mass is 9.74. The minimum atomic E-state index is -0.379. The molecular weight excluding hydrogens is 360 g/mol. The summed E-state index contributed by atoms with van der Waals surface area (Å²) in [5.74, 6) is -0.305. The number of nitro groups is 1. The highest BCUT2D eigenvalue weighted by Gasteiger charge is 2.44. The molecule has 0 spiro atoms. The fourth-order valence-electron chi connectivity index (χ4n) is 4.45. The molecular formula is C25H24N2O2. The molecule has 0 saturated heterocycles. The van der Waals surface area contributed by atoms with Gasteiger partial charge in [-0.2, -0.15) is 0 Å². The largest absolute Gasteiger partial charge is 0.347 e. The third-order valence-corrected chi connectivity index (χ3v) is 5.96. The Balaban J connectivity index is 1.91. The van der Waals surface area contributed by atoms with Crippen molar-refractivity contribution in [2.45, 2.75) is 18.3 Å². The Morgan fingerprint density at radius 3 is 2.21 bits per heavy atom. The average Bonchev–Trinajstić information content (AvgIpc) is 2.97. The zero-order chi connectivity index (χ0) is 20.4. The molecule has 0 N–H and O–H groups in total. The number of allylic oxidation sites excluding steroid dienone is 1. The molecule has 0 aromatic heterocycles. The maximum atomic E-state index is 11.5. The van der Waals surface area contributed by atoms with Crippen LogP contribution in [0.2, 0.25) is 0 Å². The zero-order valence-corrected chi connectivity index (χ0v) is 16.7. The van der Waals surface area contributed by atoms with Gasteiger partial charge in [0.15, 0.2) is 0 Å². The van der Waals surface area contributed by atoms with Gasteiger partial charge in [0.2, 0.25) is 6.54 Å². The van der Waals surface area contributed by atoms with Crippen molar-refractivity contribution in [2.24, 2.45) is 0 Å². The predicted octanol–water partition coefficient (Wildman–Crippen LogP) is 5.39. The summed E-state index contributed by atoms with van der Waals surface area (Å²) in [4.78, 5) is 13.4. The Morgan fingerprint density at radius 1 is 0.966 bits per heavy atom. The van der Waals surface area contributed by atoms with E-state index in [1.165, 1.54) is 11.1 Å². The smallest absolute Gasteiger partial charge is 0.214 e. The van der Waals surface area contributed by atoms with Crippen LogP contribution in [0.4, 0.5) is 5.69 Å². The lowest BCUT2D eigenvalue weighted by Gasteiger charge is -2.30. The summed E-state index contributed by atoms with van der Waals surface area (Å²) in [5.41, 5.74) is 5.18. The zero-order valence-electron chi connectivity index (χ0n) is 16.7. The Kier molecular flexibility index (Phi) is 4.93. The fourth-order valence-corrected chi connectivity index (χ4v) is 4.45. The van der Waals surface area contributed by atoms with Crippen LogP contribution in [0.1, 0.15) is 29.5 Å². The number of likely N-dealkylation sites (N-methyl/N-ethyl adjacent to an activating group) is 1. The molecule has 0 saturated carbocycles. The molecule has 4 heteroatoms. The van der Waals surface area contributed by atoms with Gasteiger partial charge in [-0.15, -0.1) is 0 Å². The van der Waals surface area contributed by atoms with E-state index in [0.717, 1.165) is 16.9 Å². The molecule has 1 heterocycles. The quantitative estimate of drug-likeness (QED) is 0.438. The molecule has 0 fully saturated rings. The van der Waals surface area contributed by atoms with Gasteiger partial charge in [0.25, 0.3) is 0 Å². The van der Waals surface area contributed by atoms with Crippen molar-refractivity contribution < 1.29 is 4.92 Å². The lowest BCUT2D eigenvalue weighted by Crippen LogP contribution is -2.29. The summed E-state index contributed by atoms with van der Waals surface area (Å²) in [6.45, 7) is 2.08. The Morgan fingerprint density at radius 2 is 1.55 bits per heavy atom. The molecule has 0 radical (unpaired) electrons. The predicted molar refractivity (Wildman–Crippen MR) is 117 cm³/mol. The number of benzene rings is 3. The highest BCUT2D eigenvalue weighted by atomic mass is 16.6. The van der Waals surface area contributed by atoms with E-state index in [-0.39, 0.29) is 22.8 Å². The van der Waals surface area contributed by atoms with Crippen LogP contribution in [0.25, 0.3) is 0 Å². The van der Waals surface area contributed by atoms with E-state index >= 15 is 0 Å². The molecule has 146 valence electrons. The van der Waals surface area contributed by atoms with E-state index in [0.29, 0.717) is 0 Å². The second-order valence-electron chi connectivity index (χ2n) is 7.65. The topological polar surface area (TPSA) is 46.4 Å². The maximum Gasteiger partial charge on any atom is 0.214 e. The molecule has 29 heavy (non-hydrogen) atoms. The molecule has 0 aliphatic carbocycles. The minimum absolute atomic E-state index is 0.136. The first-order valence-corrected chi connectivity index (χ1v) is 9.79. The monoisotopic (exact) mass is 384 g/mol. The third kappa shape index (κ3) is 3.31. The molecule has 0 unspecified atom stereocenters. The Hall–Kier alpha value is -3.40. The van der Waals surface area contributed by atoms with Crippen molar-refractivity contribution in [1.29, 1.82) is 0 Å². The van der Waals surface area contributed by atoms with Gasteiger partial charge in [-0.05, 0) is 35.8 Å². The molecule has 1 aliphatic heterocycles. The number of fused-ring (bicyclic) bond motifs is 1. The average molecular weight is 384 g/mol. The lowest BCUT2D eigenvalue weighted by molar-refractivity contribution is -0.481. The van der Waals surface area contributed by atoms with Gasteiger partial charge < -0.3 is 4.90 Å². The van der Waals surface area contributed by atoms with Gasteiger partial charge >= 0.3 is 0 Å². The second-order valence-corrected chi connectivity index (χ2v) is 7.65. The maximum absolute atomic E-state index is 11.5. The fraction of sp³-hybridized carbons (Fsp3) is 0.200. The van der Waals surface area contributed by atoms with Crippen molar-refractivity contribution in [3.05, 3.63) is 124 Å². The number of para-hydroxylation sites is 1. The van der Waals surface area contributed by atoms with E-state index in [1.807, 2.05) is 61.6 Å². The number of anilines is 1. The molecule has 0 bridgehead atoms. The van der Waals surface area contributed by atoms with Crippen LogP contribution in [0.3, 0.4) is 0 Å². The van der Waals surface area contributed by atoms with Gasteiger partial charge in [-0.25, -0.2) is 0 Å². The molecule has 0 amide bonds. The first kappa shape index (κ1) is 18.9. The van der Waals surface area contributed by atoms with Crippen LogP contribution < -0.4 is 4.90 Å². The second kappa shape index (κ2) is 7.55. The number of rotatable bonds is 5. The van der Waals surface area contributed by atoms with Gasteiger partial charge in [0.1, 0.15) is 0 Å². The van der Waals surface area contributed by atoms with E-state index < -0.39 is 0 Å². The van der Waals surface area contributed by atoms with Crippen LogP contribution in [-0.4, -0.2) is 18.5 Å². The first-order chi connectivity index (χ1) is 14.0. The van der Waals surface area contributed by atoms with Gasteiger partial charge in [0.05, 0.1) is 11.3 Å². The standard InChI is InChI=1S/C25H24N2O2/c1-25(21-13-7-4-8-14-21)22-15-9-10-16-23(22)26(2)24(25)17-20(18-27(28)29)19-11-5-3-6-12-19/h3-17,20H,18H2,1-2H3/b24-17+/t20-,25-/m0/s1. The van der Waals surface area contributed by atoms with Crippen molar-refractivity contribution in [3.8, 4) is 0 Å². The molecule has 3 aromatic carbocycles. The summed E-state index contributed by atoms with van der Waals surface area (Å²) >= 11 is 0. The van der Waals surface area contributed by atoms with Gasteiger partial charge in [-0.1, -0.05) is 78.9 Å². The van der Waals surface area contributed by atoms with Crippen molar-refractivity contribution in [1.82, 2.24) is 0 Å². The minimum Gasteiger partial charge on any atom is -0.347 e. The van der Waals surface area contributed by atoms with Crippen LogP contribution in [0, 0.1) is 10.1 Å². The normalized spacial score (nSPS) is 20.5. The number of hydrogen-bond acceptors (Lipinski definition) is 3. The van der Waals surface area contributed by atoms with E-state index in [9.17, 15) is 10.1 Å². The summed E-state index contributed by atoms with van der Waals surface area (Å²) in [7, 11) is 2.05. The Labute approximate surface area is 171 Å². The van der Waals surface area contributed by atoms with Crippen molar-refractivity contribution in [3.63, 3.8) is 0 Å². The van der Waals surface area contributed by atoms with Crippen LogP contribution in [0.5, 0.6) is 0 Å². The first-order valence-electron chi connectivity index (χ1n) is 9.79. The SMILES string of the molecule is CN1/C(=C/[C@@H](C[N+](=O)[O-])c2ccccc2)[C@@](C)(c2ccccc2)c2ccccc21. The van der Waals surface area contributed by atoms with Crippen LogP contribution in [0.15, 0.2) is 96.7 Å².